The number of hydrogen-bond donors (Lipinski definition) is 1. The lowest BCUT2D eigenvalue weighted by molar-refractivity contribution is 0.297. The van der Waals surface area contributed by atoms with E-state index in [0.717, 1.165) is 19.0 Å². The molecule has 1 heterocycles. The normalized spacial score (nSPS) is 24.5. The smallest absolute Gasteiger partial charge is 0.00798 e. The van der Waals surface area contributed by atoms with Crippen molar-refractivity contribution >= 4 is 0 Å². The van der Waals surface area contributed by atoms with Crippen LogP contribution in [0.4, 0.5) is 0 Å². The largest absolute Gasteiger partial charge is 0.314 e. The van der Waals surface area contributed by atoms with E-state index in [0.29, 0.717) is 0 Å². The van der Waals surface area contributed by atoms with E-state index in [4.69, 9.17) is 0 Å². The summed E-state index contributed by atoms with van der Waals surface area (Å²) in [5.74, 6) is 0. The second kappa shape index (κ2) is 7.02. The lowest BCUT2D eigenvalue weighted by Gasteiger charge is -2.18. The molecular formula is C12H24N2. The first-order chi connectivity index (χ1) is 6.86. The van der Waals surface area contributed by atoms with Gasteiger partial charge in [-0.1, -0.05) is 13.0 Å². The van der Waals surface area contributed by atoms with E-state index in [1.807, 2.05) is 6.08 Å². The zero-order chi connectivity index (χ0) is 10.2. The Bertz CT molecular complexity index is 156. The van der Waals surface area contributed by atoms with Crippen molar-refractivity contribution in [3.63, 3.8) is 0 Å². The van der Waals surface area contributed by atoms with Crippen molar-refractivity contribution in [3.05, 3.63) is 12.7 Å². The Hall–Kier alpha value is -0.340. The van der Waals surface area contributed by atoms with Gasteiger partial charge in [0.15, 0.2) is 0 Å². The van der Waals surface area contributed by atoms with Gasteiger partial charge in [0.05, 0.1) is 0 Å². The molecule has 1 saturated heterocycles. The molecule has 1 unspecified atom stereocenters. The SMILES string of the molecule is C=CCCNC1CCCN(CC)CC1. The van der Waals surface area contributed by atoms with Crippen LogP contribution in [0.2, 0.25) is 0 Å². The third-order valence-electron chi connectivity index (χ3n) is 3.05. The molecule has 82 valence electrons. The van der Waals surface area contributed by atoms with E-state index in [1.54, 1.807) is 0 Å². The van der Waals surface area contributed by atoms with Crippen molar-refractivity contribution < 1.29 is 0 Å². The minimum atomic E-state index is 0.742. The van der Waals surface area contributed by atoms with Crippen molar-refractivity contribution in [1.82, 2.24) is 10.2 Å². The molecule has 0 bridgehead atoms. The van der Waals surface area contributed by atoms with Gasteiger partial charge in [0.1, 0.15) is 0 Å². The lowest BCUT2D eigenvalue weighted by Crippen LogP contribution is -2.31. The first-order valence-corrected chi connectivity index (χ1v) is 5.93. The van der Waals surface area contributed by atoms with Gasteiger partial charge in [0.2, 0.25) is 0 Å². The summed E-state index contributed by atoms with van der Waals surface area (Å²) in [5, 5.41) is 3.61. The summed E-state index contributed by atoms with van der Waals surface area (Å²) < 4.78 is 0. The van der Waals surface area contributed by atoms with Gasteiger partial charge in [-0.2, -0.15) is 0 Å². The minimum Gasteiger partial charge on any atom is -0.314 e. The highest BCUT2D eigenvalue weighted by molar-refractivity contribution is 4.76. The summed E-state index contributed by atoms with van der Waals surface area (Å²) >= 11 is 0. The molecular weight excluding hydrogens is 172 g/mol. The molecule has 14 heavy (non-hydrogen) atoms. The fraction of sp³-hybridized carbons (Fsp3) is 0.833. The molecule has 1 atom stereocenters. The Morgan fingerprint density at radius 1 is 1.43 bits per heavy atom. The molecule has 1 N–H and O–H groups in total. The van der Waals surface area contributed by atoms with Crippen LogP contribution < -0.4 is 5.32 Å². The molecule has 0 aliphatic carbocycles. The molecule has 2 heteroatoms. The number of rotatable bonds is 5. The molecule has 0 saturated carbocycles. The van der Waals surface area contributed by atoms with Crippen molar-refractivity contribution in [3.8, 4) is 0 Å². The van der Waals surface area contributed by atoms with Gasteiger partial charge < -0.3 is 10.2 Å². The number of nitrogens with one attached hydrogen (secondary N) is 1. The molecule has 0 amide bonds. The summed E-state index contributed by atoms with van der Waals surface area (Å²) in [6, 6.07) is 0.742. The quantitative estimate of drug-likeness (QED) is 0.534. The molecule has 1 aliphatic heterocycles. The Labute approximate surface area is 88.4 Å². The summed E-state index contributed by atoms with van der Waals surface area (Å²) in [7, 11) is 0. The number of nitrogens with zero attached hydrogens (tertiary/aromatic N) is 1. The van der Waals surface area contributed by atoms with E-state index in [9.17, 15) is 0 Å². The van der Waals surface area contributed by atoms with Crippen LogP contribution in [0.3, 0.4) is 0 Å². The van der Waals surface area contributed by atoms with Crippen LogP contribution in [0.25, 0.3) is 0 Å². The van der Waals surface area contributed by atoms with Crippen LogP contribution >= 0.6 is 0 Å². The van der Waals surface area contributed by atoms with Crippen LogP contribution in [0, 0.1) is 0 Å². The molecule has 1 aliphatic rings. The van der Waals surface area contributed by atoms with Gasteiger partial charge in [-0.3, -0.25) is 0 Å². The predicted molar refractivity (Wildman–Crippen MR) is 62.6 cm³/mol. The summed E-state index contributed by atoms with van der Waals surface area (Å²) in [4.78, 5) is 2.55. The van der Waals surface area contributed by atoms with Gasteiger partial charge in [-0.15, -0.1) is 6.58 Å². The average molecular weight is 196 g/mol. The standard InChI is InChI=1S/C12H24N2/c1-3-5-9-13-12-7-6-10-14(4-2)11-8-12/h3,12-13H,1,4-11H2,2H3. The molecule has 0 spiro atoms. The van der Waals surface area contributed by atoms with Gasteiger partial charge in [0.25, 0.3) is 0 Å². The minimum absolute atomic E-state index is 0.742. The van der Waals surface area contributed by atoms with E-state index in [-0.39, 0.29) is 0 Å². The van der Waals surface area contributed by atoms with Crippen LogP contribution in [0.1, 0.15) is 32.6 Å². The number of likely N-dealkylation sites (tertiary alicyclic amines) is 1. The molecule has 2 nitrogen and oxygen atoms in total. The zero-order valence-electron chi connectivity index (χ0n) is 9.47. The van der Waals surface area contributed by atoms with Crippen molar-refractivity contribution in [2.75, 3.05) is 26.2 Å². The van der Waals surface area contributed by atoms with Gasteiger partial charge >= 0.3 is 0 Å². The van der Waals surface area contributed by atoms with E-state index >= 15 is 0 Å². The Morgan fingerprint density at radius 3 is 3.00 bits per heavy atom. The first-order valence-electron chi connectivity index (χ1n) is 5.93. The highest BCUT2D eigenvalue weighted by Crippen LogP contribution is 2.10. The second-order valence-electron chi connectivity index (χ2n) is 4.09. The third-order valence-corrected chi connectivity index (χ3v) is 3.05. The topological polar surface area (TPSA) is 15.3 Å². The van der Waals surface area contributed by atoms with Gasteiger partial charge in [-0.05, 0) is 51.9 Å². The fourth-order valence-corrected chi connectivity index (χ4v) is 2.07. The van der Waals surface area contributed by atoms with Crippen LogP contribution in [-0.2, 0) is 0 Å². The van der Waals surface area contributed by atoms with Crippen LogP contribution in [0.15, 0.2) is 12.7 Å². The summed E-state index contributed by atoms with van der Waals surface area (Å²) in [6.45, 7) is 10.9. The van der Waals surface area contributed by atoms with Crippen molar-refractivity contribution in [2.45, 2.75) is 38.6 Å². The maximum atomic E-state index is 3.74. The Balaban J connectivity index is 2.17. The first kappa shape index (κ1) is 11.7. The second-order valence-corrected chi connectivity index (χ2v) is 4.09. The predicted octanol–water partition coefficient (Wildman–Crippen LogP) is 2.03. The number of hydrogen-bond acceptors (Lipinski definition) is 2. The van der Waals surface area contributed by atoms with Gasteiger partial charge in [0, 0.05) is 6.04 Å². The molecule has 0 radical (unpaired) electrons. The van der Waals surface area contributed by atoms with Crippen LogP contribution in [-0.4, -0.2) is 37.1 Å². The summed E-state index contributed by atoms with van der Waals surface area (Å²) in [6.07, 6.45) is 7.08. The maximum absolute atomic E-state index is 3.74. The maximum Gasteiger partial charge on any atom is 0.00798 e. The third kappa shape index (κ3) is 4.25. The van der Waals surface area contributed by atoms with Crippen LogP contribution in [0.5, 0.6) is 0 Å². The van der Waals surface area contributed by atoms with E-state index in [1.165, 1.54) is 38.9 Å². The zero-order valence-corrected chi connectivity index (χ0v) is 9.47. The van der Waals surface area contributed by atoms with Gasteiger partial charge in [-0.25, -0.2) is 0 Å². The highest BCUT2D eigenvalue weighted by atomic mass is 15.1. The average Bonchev–Trinajstić information content (AvgIpc) is 2.43. The lowest BCUT2D eigenvalue weighted by atomic mass is 10.1. The monoisotopic (exact) mass is 196 g/mol. The Kier molecular flexibility index (Phi) is 5.88. The van der Waals surface area contributed by atoms with Crippen molar-refractivity contribution in [2.24, 2.45) is 0 Å². The molecule has 0 aromatic heterocycles. The molecule has 1 rings (SSSR count). The van der Waals surface area contributed by atoms with E-state index in [2.05, 4.69) is 23.7 Å². The van der Waals surface area contributed by atoms with E-state index < -0.39 is 0 Å². The highest BCUT2D eigenvalue weighted by Gasteiger charge is 2.14. The van der Waals surface area contributed by atoms with Crippen molar-refractivity contribution in [1.29, 1.82) is 0 Å². The molecule has 0 aromatic carbocycles. The molecule has 1 fully saturated rings. The Morgan fingerprint density at radius 2 is 2.29 bits per heavy atom. The summed E-state index contributed by atoms with van der Waals surface area (Å²) in [5.41, 5.74) is 0. The fourth-order valence-electron chi connectivity index (χ4n) is 2.07. The molecule has 0 aromatic rings.